The first-order chi connectivity index (χ1) is 16.4. The highest BCUT2D eigenvalue weighted by molar-refractivity contribution is 5.94. The molecule has 2 aromatic rings. The van der Waals surface area contributed by atoms with Crippen molar-refractivity contribution in [1.29, 1.82) is 0 Å². The number of halogens is 1. The molecule has 0 unspecified atom stereocenters. The molecule has 0 bridgehead atoms. The van der Waals surface area contributed by atoms with Gasteiger partial charge >= 0.3 is 5.97 Å². The Hall–Kier alpha value is -3.03. The molecule has 2 aliphatic rings. The van der Waals surface area contributed by atoms with Gasteiger partial charge in [0.15, 0.2) is 5.78 Å². The van der Waals surface area contributed by atoms with E-state index in [2.05, 4.69) is 5.10 Å². The van der Waals surface area contributed by atoms with E-state index >= 15 is 0 Å². The molecule has 0 radical (unpaired) electrons. The maximum atomic E-state index is 13.3. The van der Waals surface area contributed by atoms with E-state index in [4.69, 9.17) is 4.74 Å². The van der Waals surface area contributed by atoms with E-state index in [1.807, 2.05) is 11.8 Å². The summed E-state index contributed by atoms with van der Waals surface area (Å²) in [5.41, 5.74) is 3.12. The number of esters is 1. The maximum absolute atomic E-state index is 13.3. The minimum atomic E-state index is -0.302. The van der Waals surface area contributed by atoms with Crippen molar-refractivity contribution in [1.82, 2.24) is 14.7 Å². The molecule has 0 atom stereocenters. The van der Waals surface area contributed by atoms with E-state index in [1.54, 1.807) is 16.8 Å². The SMILES string of the molecule is CCOC(=O)[C@H]1CC[C@H](CC(=O)N2CCc3c(C(C)=O)nn(Cc4ccc(F)cc4)c3C2)CC1. The molecule has 7 nitrogen and oxygen atoms in total. The van der Waals surface area contributed by atoms with Crippen LogP contribution in [0.15, 0.2) is 24.3 Å². The van der Waals surface area contributed by atoms with Gasteiger partial charge in [-0.3, -0.25) is 19.1 Å². The molecule has 1 aliphatic heterocycles. The molecule has 2 heterocycles. The predicted octanol–water partition coefficient (Wildman–Crippen LogP) is 3.92. The Kier molecular flexibility index (Phi) is 7.44. The van der Waals surface area contributed by atoms with Gasteiger partial charge in [-0.2, -0.15) is 5.10 Å². The summed E-state index contributed by atoms with van der Waals surface area (Å²) in [7, 11) is 0. The molecule has 0 N–H and O–H groups in total. The topological polar surface area (TPSA) is 81.5 Å². The van der Waals surface area contributed by atoms with Gasteiger partial charge in [-0.25, -0.2) is 4.39 Å². The third-order valence-electron chi connectivity index (χ3n) is 7.00. The van der Waals surface area contributed by atoms with Crippen LogP contribution in [0.3, 0.4) is 0 Å². The molecule has 1 aromatic carbocycles. The number of ketones is 1. The van der Waals surface area contributed by atoms with E-state index in [0.717, 1.165) is 42.5 Å². The van der Waals surface area contributed by atoms with Crippen LogP contribution in [0, 0.1) is 17.7 Å². The van der Waals surface area contributed by atoms with E-state index in [-0.39, 0.29) is 35.3 Å². The zero-order chi connectivity index (χ0) is 24.2. The summed E-state index contributed by atoms with van der Waals surface area (Å²) < 4.78 is 20.2. The average Bonchev–Trinajstić information content (AvgIpc) is 3.19. The molecule has 4 rings (SSSR count). The smallest absolute Gasteiger partial charge is 0.308 e. The minimum Gasteiger partial charge on any atom is -0.466 e. The van der Waals surface area contributed by atoms with Crippen LogP contribution in [0.5, 0.6) is 0 Å². The lowest BCUT2D eigenvalue weighted by atomic mass is 9.80. The first-order valence-corrected chi connectivity index (χ1v) is 12.1. The van der Waals surface area contributed by atoms with E-state index < -0.39 is 0 Å². The highest BCUT2D eigenvalue weighted by atomic mass is 19.1. The number of fused-ring (bicyclic) bond motifs is 1. The maximum Gasteiger partial charge on any atom is 0.308 e. The minimum absolute atomic E-state index is 0.0466. The van der Waals surface area contributed by atoms with Gasteiger partial charge in [0.25, 0.3) is 0 Å². The summed E-state index contributed by atoms with van der Waals surface area (Å²) in [5, 5.41) is 4.55. The largest absolute Gasteiger partial charge is 0.466 e. The molecule has 34 heavy (non-hydrogen) atoms. The summed E-state index contributed by atoms with van der Waals surface area (Å²) in [4.78, 5) is 39.1. The first-order valence-electron chi connectivity index (χ1n) is 12.1. The monoisotopic (exact) mass is 469 g/mol. The van der Waals surface area contributed by atoms with Crippen molar-refractivity contribution < 1.29 is 23.5 Å². The Balaban J connectivity index is 1.42. The number of rotatable bonds is 7. The lowest BCUT2D eigenvalue weighted by Crippen LogP contribution is -2.38. The number of hydrogen-bond donors (Lipinski definition) is 0. The molecule has 0 saturated heterocycles. The summed E-state index contributed by atoms with van der Waals surface area (Å²) in [5.74, 6) is -0.183. The van der Waals surface area contributed by atoms with Crippen LogP contribution in [-0.2, 0) is 33.8 Å². The standard InChI is InChI=1S/C26H32FN3O4/c1-3-34-26(33)20-8-4-18(5-9-20)14-24(32)29-13-12-22-23(16-29)30(28-25(22)17(2)31)15-19-6-10-21(27)11-7-19/h6-7,10-11,18,20H,3-5,8-9,12-16H2,1-2H3/t18-,20-. The average molecular weight is 470 g/mol. The Labute approximate surface area is 199 Å². The molecular weight excluding hydrogens is 437 g/mol. The van der Waals surface area contributed by atoms with Gasteiger partial charge in [0, 0.05) is 25.5 Å². The van der Waals surface area contributed by atoms with Gasteiger partial charge in [-0.1, -0.05) is 12.1 Å². The second-order valence-electron chi connectivity index (χ2n) is 9.35. The third-order valence-corrected chi connectivity index (χ3v) is 7.00. The highest BCUT2D eigenvalue weighted by Gasteiger charge is 2.32. The van der Waals surface area contributed by atoms with Crippen LogP contribution in [0.4, 0.5) is 4.39 Å². The zero-order valence-corrected chi connectivity index (χ0v) is 19.9. The van der Waals surface area contributed by atoms with Crippen LogP contribution in [0.2, 0.25) is 0 Å². The van der Waals surface area contributed by atoms with E-state index in [1.165, 1.54) is 19.1 Å². The molecule has 1 aliphatic carbocycles. The van der Waals surface area contributed by atoms with Gasteiger partial charge in [0.05, 0.1) is 31.3 Å². The number of benzene rings is 1. The summed E-state index contributed by atoms with van der Waals surface area (Å²) in [6.07, 6.45) is 4.31. The van der Waals surface area contributed by atoms with Crippen molar-refractivity contribution in [3.05, 3.63) is 52.6 Å². The lowest BCUT2D eigenvalue weighted by Gasteiger charge is -2.31. The molecule has 1 saturated carbocycles. The Bertz CT molecular complexity index is 1050. The summed E-state index contributed by atoms with van der Waals surface area (Å²) >= 11 is 0. The van der Waals surface area contributed by atoms with Crippen molar-refractivity contribution in [3.63, 3.8) is 0 Å². The van der Waals surface area contributed by atoms with Crippen LogP contribution in [0.1, 0.15) is 73.3 Å². The number of amides is 1. The van der Waals surface area contributed by atoms with Crippen LogP contribution >= 0.6 is 0 Å². The molecule has 1 aromatic heterocycles. The fourth-order valence-electron chi connectivity index (χ4n) is 5.11. The molecule has 8 heteroatoms. The highest BCUT2D eigenvalue weighted by Crippen LogP contribution is 2.33. The second-order valence-corrected chi connectivity index (χ2v) is 9.35. The number of nitrogens with zero attached hydrogens (tertiary/aromatic N) is 3. The van der Waals surface area contributed by atoms with Crippen molar-refractivity contribution in [2.45, 2.75) is 65.5 Å². The van der Waals surface area contributed by atoms with Crippen LogP contribution in [0.25, 0.3) is 0 Å². The van der Waals surface area contributed by atoms with Crippen LogP contribution < -0.4 is 0 Å². The van der Waals surface area contributed by atoms with Crippen LogP contribution in [-0.4, -0.2) is 45.5 Å². The van der Waals surface area contributed by atoms with Crippen molar-refractivity contribution in [2.75, 3.05) is 13.2 Å². The summed E-state index contributed by atoms with van der Waals surface area (Å²) in [6.45, 7) is 5.11. The fourth-order valence-corrected chi connectivity index (χ4v) is 5.11. The van der Waals surface area contributed by atoms with Gasteiger partial charge in [-0.15, -0.1) is 0 Å². The van der Waals surface area contributed by atoms with Crippen molar-refractivity contribution >= 4 is 17.7 Å². The predicted molar refractivity (Wildman–Crippen MR) is 124 cm³/mol. The number of aromatic nitrogens is 2. The molecular formula is C26H32FN3O4. The van der Waals surface area contributed by atoms with Crippen molar-refractivity contribution in [3.8, 4) is 0 Å². The fraction of sp³-hybridized carbons (Fsp3) is 0.538. The van der Waals surface area contributed by atoms with Gasteiger partial charge in [0.1, 0.15) is 11.5 Å². The molecule has 1 amide bonds. The Morgan fingerprint density at radius 2 is 1.82 bits per heavy atom. The van der Waals surface area contributed by atoms with Crippen molar-refractivity contribution in [2.24, 2.45) is 11.8 Å². The molecule has 1 fully saturated rings. The normalized spacial score (nSPS) is 20.0. The number of carbonyl (C=O) groups excluding carboxylic acids is 3. The zero-order valence-electron chi connectivity index (χ0n) is 19.9. The quantitative estimate of drug-likeness (QED) is 0.454. The lowest BCUT2D eigenvalue weighted by molar-refractivity contribution is -0.149. The first kappa shape index (κ1) is 24.1. The molecule has 0 spiro atoms. The van der Waals surface area contributed by atoms with E-state index in [9.17, 15) is 18.8 Å². The number of hydrogen-bond acceptors (Lipinski definition) is 5. The second kappa shape index (κ2) is 10.5. The van der Waals surface area contributed by atoms with Gasteiger partial charge < -0.3 is 9.64 Å². The Morgan fingerprint density at radius 1 is 1.12 bits per heavy atom. The number of ether oxygens (including phenoxy) is 1. The third kappa shape index (κ3) is 5.37. The summed E-state index contributed by atoms with van der Waals surface area (Å²) in [6, 6.07) is 6.22. The van der Waals surface area contributed by atoms with Gasteiger partial charge in [-0.05, 0) is 62.6 Å². The number of carbonyl (C=O) groups is 3. The Morgan fingerprint density at radius 3 is 2.47 bits per heavy atom. The van der Waals surface area contributed by atoms with Gasteiger partial charge in [0.2, 0.25) is 5.91 Å². The van der Waals surface area contributed by atoms with E-state index in [0.29, 0.717) is 44.8 Å². The molecule has 182 valence electrons. The number of Topliss-reactive ketones (excluding diaryl/α,β-unsaturated/α-hetero) is 1.